The maximum atomic E-state index is 10.8. The highest BCUT2D eigenvalue weighted by Crippen LogP contribution is 2.30. The van der Waals surface area contributed by atoms with Gasteiger partial charge >= 0.3 is 0 Å². The molecular weight excluding hydrogens is 184 g/mol. The van der Waals surface area contributed by atoms with E-state index in [-0.39, 0.29) is 0 Å². The quantitative estimate of drug-likeness (QED) is 0.534. The molecule has 5 heteroatoms. The zero-order chi connectivity index (χ0) is 9.12. The number of hydrogen-bond acceptors (Lipinski definition) is 3. The fraction of sp³-hybridized carbons (Fsp3) is 1.00. The van der Waals surface area contributed by atoms with Crippen molar-refractivity contribution in [3.05, 3.63) is 0 Å². The second kappa shape index (κ2) is 3.78. The molecule has 0 bridgehead atoms. The van der Waals surface area contributed by atoms with Crippen molar-refractivity contribution in [1.82, 2.24) is 0 Å². The Labute approximate surface area is 73.3 Å². The Morgan fingerprint density at radius 2 is 1.91 bits per heavy atom. The highest BCUT2D eigenvalue weighted by molar-refractivity contribution is 8.03. The van der Waals surface area contributed by atoms with Gasteiger partial charge in [0.25, 0.3) is 10.1 Å². The minimum absolute atomic E-state index is 0.322. The van der Waals surface area contributed by atoms with E-state index in [1.54, 1.807) is 6.92 Å². The molecule has 0 aromatic rings. The molecule has 0 aliphatic carbocycles. The largest absolute Gasteiger partial charge is 0.284 e. The van der Waals surface area contributed by atoms with Gasteiger partial charge in [0.2, 0.25) is 0 Å². The Morgan fingerprint density at radius 3 is 2.00 bits per heavy atom. The van der Waals surface area contributed by atoms with Crippen LogP contribution in [0.4, 0.5) is 0 Å². The van der Waals surface area contributed by atoms with Crippen molar-refractivity contribution in [2.24, 2.45) is 0 Å². The number of rotatable bonds is 4. The second-order valence-electron chi connectivity index (χ2n) is 2.52. The molecule has 0 amide bonds. The van der Waals surface area contributed by atoms with Crippen LogP contribution in [-0.2, 0) is 10.1 Å². The van der Waals surface area contributed by atoms with Crippen molar-refractivity contribution in [2.75, 3.05) is 0 Å². The normalized spacial score (nSPS) is 17.8. The first-order chi connectivity index (χ1) is 4.87. The topological polar surface area (TPSA) is 54.4 Å². The van der Waals surface area contributed by atoms with Crippen LogP contribution in [0.5, 0.6) is 0 Å². The molecule has 0 saturated heterocycles. The minimum atomic E-state index is -4.01. The second-order valence-corrected chi connectivity index (χ2v) is 5.42. The molecule has 11 heavy (non-hydrogen) atoms. The predicted octanol–water partition coefficient (Wildman–Crippen LogP) is 1.71. The number of thiol groups is 1. The van der Waals surface area contributed by atoms with E-state index in [0.29, 0.717) is 19.3 Å². The predicted molar refractivity (Wildman–Crippen MR) is 48.5 cm³/mol. The van der Waals surface area contributed by atoms with Crippen molar-refractivity contribution in [2.45, 2.75) is 37.2 Å². The van der Waals surface area contributed by atoms with Gasteiger partial charge in [-0.1, -0.05) is 20.3 Å². The Bertz CT molecular complexity index is 210. The van der Waals surface area contributed by atoms with E-state index >= 15 is 0 Å². The molecule has 0 spiro atoms. The van der Waals surface area contributed by atoms with Gasteiger partial charge in [0.1, 0.15) is 4.08 Å². The van der Waals surface area contributed by atoms with Crippen LogP contribution in [0.25, 0.3) is 0 Å². The van der Waals surface area contributed by atoms with Gasteiger partial charge in [-0.2, -0.15) is 21.0 Å². The van der Waals surface area contributed by atoms with Gasteiger partial charge in [-0.15, -0.1) is 0 Å². The van der Waals surface area contributed by atoms with E-state index < -0.39 is 14.2 Å². The maximum Gasteiger partial charge on any atom is 0.279 e. The van der Waals surface area contributed by atoms with Crippen LogP contribution >= 0.6 is 12.6 Å². The minimum Gasteiger partial charge on any atom is -0.284 e. The van der Waals surface area contributed by atoms with Gasteiger partial charge < -0.3 is 0 Å². The Balaban J connectivity index is 4.61. The summed E-state index contributed by atoms with van der Waals surface area (Å²) < 4.78 is 29.0. The van der Waals surface area contributed by atoms with E-state index in [1.165, 1.54) is 0 Å². The molecule has 0 aliphatic rings. The van der Waals surface area contributed by atoms with Gasteiger partial charge in [-0.05, 0) is 12.8 Å². The summed E-state index contributed by atoms with van der Waals surface area (Å²) in [5.41, 5.74) is 0. The third kappa shape index (κ3) is 2.65. The summed E-state index contributed by atoms with van der Waals surface area (Å²) in [5, 5.41) is 0. The molecule has 1 N–H and O–H groups in total. The average molecular weight is 198 g/mol. The van der Waals surface area contributed by atoms with E-state index in [2.05, 4.69) is 12.6 Å². The van der Waals surface area contributed by atoms with Crippen molar-refractivity contribution < 1.29 is 13.0 Å². The monoisotopic (exact) mass is 198 g/mol. The van der Waals surface area contributed by atoms with Crippen LogP contribution in [0.2, 0.25) is 0 Å². The van der Waals surface area contributed by atoms with Crippen LogP contribution in [0.15, 0.2) is 0 Å². The molecular formula is C6H14O3S2. The number of hydrogen-bond donors (Lipinski definition) is 2. The fourth-order valence-corrected chi connectivity index (χ4v) is 1.93. The van der Waals surface area contributed by atoms with Crippen LogP contribution in [0, 0.1) is 0 Å². The molecule has 68 valence electrons. The van der Waals surface area contributed by atoms with Gasteiger partial charge in [0.05, 0.1) is 0 Å². The Hall–Kier alpha value is 0.260. The summed E-state index contributed by atoms with van der Waals surface area (Å²) in [6, 6.07) is 0. The summed E-state index contributed by atoms with van der Waals surface area (Å²) in [7, 11) is -4.01. The van der Waals surface area contributed by atoms with Crippen LogP contribution in [0.1, 0.15) is 33.1 Å². The molecule has 0 heterocycles. The molecule has 3 nitrogen and oxygen atoms in total. The van der Waals surface area contributed by atoms with E-state index in [0.717, 1.165) is 0 Å². The van der Waals surface area contributed by atoms with Gasteiger partial charge in [-0.3, -0.25) is 4.55 Å². The first-order valence-corrected chi connectivity index (χ1v) is 5.45. The van der Waals surface area contributed by atoms with Gasteiger partial charge in [0.15, 0.2) is 0 Å². The lowest BCUT2D eigenvalue weighted by atomic mass is 10.2. The summed E-state index contributed by atoms with van der Waals surface area (Å²) in [5.74, 6) is 0. The Morgan fingerprint density at radius 1 is 1.45 bits per heavy atom. The van der Waals surface area contributed by atoms with E-state index in [1.807, 2.05) is 6.92 Å². The fourth-order valence-electron chi connectivity index (χ4n) is 0.879. The molecule has 0 saturated carbocycles. The summed E-state index contributed by atoms with van der Waals surface area (Å²) in [4.78, 5) is 0. The van der Waals surface area contributed by atoms with Crippen LogP contribution < -0.4 is 0 Å². The molecule has 0 rings (SSSR count). The molecule has 0 aliphatic heterocycles. The van der Waals surface area contributed by atoms with Gasteiger partial charge in [-0.25, -0.2) is 0 Å². The van der Waals surface area contributed by atoms with Crippen molar-refractivity contribution >= 4 is 22.7 Å². The van der Waals surface area contributed by atoms with Crippen molar-refractivity contribution in [1.29, 1.82) is 0 Å². The molecule has 1 unspecified atom stereocenters. The lowest BCUT2D eigenvalue weighted by Gasteiger charge is -2.22. The van der Waals surface area contributed by atoms with Crippen LogP contribution in [-0.4, -0.2) is 17.0 Å². The lowest BCUT2D eigenvalue weighted by Crippen LogP contribution is -2.31. The standard InChI is InChI=1S/C6H14O3S2/c1-3-5-6(10,4-2)11(7,8)9/h10H,3-5H2,1-2H3,(H,7,8,9). The van der Waals surface area contributed by atoms with Crippen LogP contribution in [0.3, 0.4) is 0 Å². The molecule has 0 aromatic heterocycles. The SMILES string of the molecule is CCCC(S)(CC)S(=O)(=O)O. The third-order valence-electron chi connectivity index (χ3n) is 1.67. The molecule has 0 fully saturated rings. The van der Waals surface area contributed by atoms with Gasteiger partial charge in [0, 0.05) is 0 Å². The van der Waals surface area contributed by atoms with E-state index in [9.17, 15) is 8.42 Å². The summed E-state index contributed by atoms with van der Waals surface area (Å²) >= 11 is 3.94. The first kappa shape index (κ1) is 11.3. The first-order valence-electron chi connectivity index (χ1n) is 3.56. The lowest BCUT2D eigenvalue weighted by molar-refractivity contribution is 0.448. The zero-order valence-electron chi connectivity index (χ0n) is 6.74. The zero-order valence-corrected chi connectivity index (χ0v) is 8.45. The summed E-state index contributed by atoms with van der Waals surface area (Å²) in [6.07, 6.45) is 1.39. The van der Waals surface area contributed by atoms with Crippen molar-refractivity contribution in [3.63, 3.8) is 0 Å². The molecule has 0 aromatic carbocycles. The highest BCUT2D eigenvalue weighted by Gasteiger charge is 2.36. The average Bonchev–Trinajstić information content (AvgIpc) is 1.86. The highest BCUT2D eigenvalue weighted by atomic mass is 32.3. The molecule has 1 atom stereocenters. The smallest absolute Gasteiger partial charge is 0.279 e. The van der Waals surface area contributed by atoms with E-state index in [4.69, 9.17) is 4.55 Å². The summed E-state index contributed by atoms with van der Waals surface area (Å²) in [6.45, 7) is 3.54. The maximum absolute atomic E-state index is 10.8. The Kier molecular flexibility index (Phi) is 3.87. The molecule has 0 radical (unpaired) electrons. The third-order valence-corrected chi connectivity index (χ3v) is 4.36. The van der Waals surface area contributed by atoms with Crippen molar-refractivity contribution in [3.8, 4) is 0 Å².